The highest BCUT2D eigenvalue weighted by atomic mass is 16.2. The Balaban J connectivity index is 2.13. The molecule has 1 aliphatic heterocycles. The standard InChI is InChI=1S/C17H23N3O3/c1-11(2)9-18-14(21)10-20-15(22)17(4,19-16(20)23)13-7-5-12(3)6-8-13/h5-8,11H,9-10H2,1-4H3,(H,18,21)(H,19,23)/t17-/m0/s1. The highest BCUT2D eigenvalue weighted by Gasteiger charge is 2.49. The minimum Gasteiger partial charge on any atom is -0.354 e. The molecule has 0 radical (unpaired) electrons. The monoisotopic (exact) mass is 317 g/mol. The first-order chi connectivity index (χ1) is 10.7. The van der Waals surface area contributed by atoms with Gasteiger partial charge in [0.05, 0.1) is 0 Å². The molecule has 0 bridgehead atoms. The van der Waals surface area contributed by atoms with E-state index in [2.05, 4.69) is 10.6 Å². The summed E-state index contributed by atoms with van der Waals surface area (Å²) in [7, 11) is 0. The van der Waals surface area contributed by atoms with E-state index in [-0.39, 0.29) is 12.5 Å². The van der Waals surface area contributed by atoms with Gasteiger partial charge in [-0.15, -0.1) is 0 Å². The van der Waals surface area contributed by atoms with Crippen molar-refractivity contribution in [2.45, 2.75) is 33.2 Å². The van der Waals surface area contributed by atoms with Crippen LogP contribution < -0.4 is 10.6 Å². The van der Waals surface area contributed by atoms with Gasteiger partial charge >= 0.3 is 6.03 Å². The second-order valence-corrected chi connectivity index (χ2v) is 6.51. The molecule has 1 aliphatic rings. The van der Waals surface area contributed by atoms with Gasteiger partial charge in [0.2, 0.25) is 5.91 Å². The van der Waals surface area contributed by atoms with E-state index in [1.807, 2.05) is 45.0 Å². The SMILES string of the molecule is Cc1ccc([C@]2(C)NC(=O)N(CC(=O)NCC(C)C)C2=O)cc1. The molecule has 124 valence electrons. The van der Waals surface area contributed by atoms with Crippen LogP contribution in [-0.4, -0.2) is 35.8 Å². The Morgan fingerprint density at radius 1 is 1.26 bits per heavy atom. The average molecular weight is 317 g/mol. The first-order valence-electron chi connectivity index (χ1n) is 7.72. The molecule has 1 saturated heterocycles. The molecule has 2 rings (SSSR count). The number of amides is 4. The zero-order valence-corrected chi connectivity index (χ0v) is 14.0. The van der Waals surface area contributed by atoms with Gasteiger partial charge in [-0.3, -0.25) is 14.5 Å². The lowest BCUT2D eigenvalue weighted by Crippen LogP contribution is -2.43. The largest absolute Gasteiger partial charge is 0.354 e. The van der Waals surface area contributed by atoms with Gasteiger partial charge in [-0.25, -0.2) is 4.79 Å². The van der Waals surface area contributed by atoms with E-state index in [0.717, 1.165) is 10.5 Å². The van der Waals surface area contributed by atoms with Gasteiger partial charge in [-0.1, -0.05) is 43.7 Å². The van der Waals surface area contributed by atoms with Crippen LogP contribution in [0.5, 0.6) is 0 Å². The van der Waals surface area contributed by atoms with Gasteiger partial charge in [-0.05, 0) is 25.3 Å². The van der Waals surface area contributed by atoms with E-state index >= 15 is 0 Å². The average Bonchev–Trinajstić information content (AvgIpc) is 2.70. The summed E-state index contributed by atoms with van der Waals surface area (Å²) in [5.41, 5.74) is 0.633. The molecular formula is C17H23N3O3. The Bertz CT molecular complexity index is 624. The maximum absolute atomic E-state index is 12.7. The van der Waals surface area contributed by atoms with Gasteiger partial charge < -0.3 is 10.6 Å². The van der Waals surface area contributed by atoms with Crippen LogP contribution in [0.1, 0.15) is 31.9 Å². The topological polar surface area (TPSA) is 78.5 Å². The van der Waals surface area contributed by atoms with E-state index < -0.39 is 17.5 Å². The minimum absolute atomic E-state index is 0.265. The van der Waals surface area contributed by atoms with Crippen LogP contribution in [0, 0.1) is 12.8 Å². The van der Waals surface area contributed by atoms with Gasteiger partial charge in [0.15, 0.2) is 0 Å². The van der Waals surface area contributed by atoms with E-state index in [1.54, 1.807) is 6.92 Å². The number of nitrogens with one attached hydrogen (secondary N) is 2. The van der Waals surface area contributed by atoms with Crippen molar-refractivity contribution in [2.24, 2.45) is 5.92 Å². The molecule has 1 atom stereocenters. The zero-order chi connectivity index (χ0) is 17.2. The molecular weight excluding hydrogens is 294 g/mol. The van der Waals surface area contributed by atoms with Crippen LogP contribution in [0.3, 0.4) is 0 Å². The Morgan fingerprint density at radius 2 is 1.87 bits per heavy atom. The minimum atomic E-state index is -1.14. The van der Waals surface area contributed by atoms with E-state index in [9.17, 15) is 14.4 Å². The van der Waals surface area contributed by atoms with E-state index in [0.29, 0.717) is 18.0 Å². The predicted molar refractivity (Wildman–Crippen MR) is 86.6 cm³/mol. The lowest BCUT2D eigenvalue weighted by molar-refractivity contribution is -0.134. The molecule has 0 saturated carbocycles. The maximum Gasteiger partial charge on any atom is 0.325 e. The summed E-state index contributed by atoms with van der Waals surface area (Å²) in [6, 6.07) is 6.86. The van der Waals surface area contributed by atoms with Crippen LogP contribution in [0.2, 0.25) is 0 Å². The van der Waals surface area contributed by atoms with Crippen molar-refractivity contribution in [3.8, 4) is 0 Å². The number of urea groups is 1. The van der Waals surface area contributed by atoms with E-state index in [4.69, 9.17) is 0 Å². The third-order valence-electron chi connectivity index (χ3n) is 3.91. The lowest BCUT2D eigenvalue weighted by atomic mass is 9.91. The van der Waals surface area contributed by atoms with Crippen molar-refractivity contribution >= 4 is 17.8 Å². The maximum atomic E-state index is 12.7. The van der Waals surface area contributed by atoms with Crippen molar-refractivity contribution in [2.75, 3.05) is 13.1 Å². The number of benzene rings is 1. The molecule has 1 fully saturated rings. The van der Waals surface area contributed by atoms with Crippen molar-refractivity contribution in [1.82, 2.24) is 15.5 Å². The molecule has 0 aromatic heterocycles. The number of nitrogens with zero attached hydrogens (tertiary/aromatic N) is 1. The fraction of sp³-hybridized carbons (Fsp3) is 0.471. The van der Waals surface area contributed by atoms with Crippen LogP contribution in [0.4, 0.5) is 4.79 Å². The second kappa shape index (κ2) is 6.40. The number of imide groups is 1. The Morgan fingerprint density at radius 3 is 2.43 bits per heavy atom. The Labute approximate surface area is 136 Å². The first kappa shape index (κ1) is 17.0. The van der Waals surface area contributed by atoms with Crippen molar-refractivity contribution < 1.29 is 14.4 Å². The summed E-state index contributed by atoms with van der Waals surface area (Å²) >= 11 is 0. The van der Waals surface area contributed by atoms with Crippen LogP contribution in [0.15, 0.2) is 24.3 Å². The van der Waals surface area contributed by atoms with E-state index in [1.165, 1.54) is 0 Å². The molecule has 1 aromatic rings. The molecule has 1 aromatic carbocycles. The highest BCUT2D eigenvalue weighted by Crippen LogP contribution is 2.28. The van der Waals surface area contributed by atoms with Crippen LogP contribution in [0.25, 0.3) is 0 Å². The molecule has 4 amide bonds. The quantitative estimate of drug-likeness (QED) is 0.809. The predicted octanol–water partition coefficient (Wildman–Crippen LogP) is 1.53. The Kier molecular flexibility index (Phi) is 4.73. The fourth-order valence-electron chi connectivity index (χ4n) is 2.44. The summed E-state index contributed by atoms with van der Waals surface area (Å²) in [5, 5.41) is 5.41. The van der Waals surface area contributed by atoms with Gasteiger partial charge in [0.1, 0.15) is 12.1 Å². The van der Waals surface area contributed by atoms with Crippen molar-refractivity contribution in [3.63, 3.8) is 0 Å². The number of aryl methyl sites for hydroxylation is 1. The normalized spacial score (nSPS) is 20.8. The number of carbonyl (C=O) groups is 3. The van der Waals surface area contributed by atoms with Crippen LogP contribution in [-0.2, 0) is 15.1 Å². The highest BCUT2D eigenvalue weighted by molar-refractivity contribution is 6.09. The summed E-state index contributed by atoms with van der Waals surface area (Å²) < 4.78 is 0. The zero-order valence-electron chi connectivity index (χ0n) is 14.0. The number of rotatable bonds is 5. The molecule has 6 nitrogen and oxygen atoms in total. The molecule has 0 unspecified atom stereocenters. The smallest absolute Gasteiger partial charge is 0.325 e. The molecule has 23 heavy (non-hydrogen) atoms. The number of hydrogen-bond acceptors (Lipinski definition) is 3. The summed E-state index contributed by atoms with van der Waals surface area (Å²) in [6.45, 7) is 7.80. The van der Waals surface area contributed by atoms with Gasteiger partial charge in [0.25, 0.3) is 5.91 Å². The third-order valence-corrected chi connectivity index (χ3v) is 3.91. The molecule has 2 N–H and O–H groups in total. The third kappa shape index (κ3) is 3.52. The number of hydrogen-bond donors (Lipinski definition) is 2. The van der Waals surface area contributed by atoms with Gasteiger partial charge in [0, 0.05) is 6.54 Å². The summed E-state index contributed by atoms with van der Waals surface area (Å²) in [5.74, 6) is -0.443. The molecule has 6 heteroatoms. The summed E-state index contributed by atoms with van der Waals surface area (Å²) in [6.07, 6.45) is 0. The first-order valence-corrected chi connectivity index (χ1v) is 7.72. The van der Waals surface area contributed by atoms with Crippen molar-refractivity contribution in [1.29, 1.82) is 0 Å². The molecule has 1 heterocycles. The van der Waals surface area contributed by atoms with Gasteiger partial charge in [-0.2, -0.15) is 0 Å². The second-order valence-electron chi connectivity index (χ2n) is 6.51. The van der Waals surface area contributed by atoms with Crippen molar-refractivity contribution in [3.05, 3.63) is 35.4 Å². The van der Waals surface area contributed by atoms with Crippen LogP contribution >= 0.6 is 0 Å². The molecule has 0 aliphatic carbocycles. The fourth-order valence-corrected chi connectivity index (χ4v) is 2.44. The molecule has 0 spiro atoms. The number of carbonyl (C=O) groups excluding carboxylic acids is 3. The summed E-state index contributed by atoms with van der Waals surface area (Å²) in [4.78, 5) is 37.7. The lowest BCUT2D eigenvalue weighted by Gasteiger charge is -2.22. The Hall–Kier alpha value is -2.37.